The highest BCUT2D eigenvalue weighted by Gasteiger charge is 2.20. The first-order chi connectivity index (χ1) is 13.2. The fourth-order valence-electron chi connectivity index (χ4n) is 3.28. The van der Waals surface area contributed by atoms with Crippen LogP contribution in [0.3, 0.4) is 0 Å². The Morgan fingerprint density at radius 1 is 1.04 bits per heavy atom. The van der Waals surface area contributed by atoms with E-state index >= 15 is 0 Å². The summed E-state index contributed by atoms with van der Waals surface area (Å²) < 4.78 is 5.53. The molecule has 0 aliphatic heterocycles. The molecule has 0 unspecified atom stereocenters. The van der Waals surface area contributed by atoms with Gasteiger partial charge in [-0.15, -0.1) is 0 Å². The molecule has 2 N–H and O–H groups in total. The molecule has 0 bridgehead atoms. The molecular weight excluding hydrogens is 340 g/mol. The minimum atomic E-state index is -0.296. The molecule has 3 rings (SSSR count). The number of hydrogen-bond acceptors (Lipinski definition) is 3. The van der Waals surface area contributed by atoms with Crippen LogP contribution in [0.2, 0.25) is 0 Å². The van der Waals surface area contributed by atoms with Gasteiger partial charge in [0.25, 0.3) is 11.8 Å². The van der Waals surface area contributed by atoms with Gasteiger partial charge in [-0.3, -0.25) is 9.59 Å². The SMILES string of the molecule is CCc1ccc(OCC(=O)Nc2ccccc2C(=O)NC2CCCC2)cc1. The Balaban J connectivity index is 1.57. The summed E-state index contributed by atoms with van der Waals surface area (Å²) in [6, 6.07) is 15.0. The van der Waals surface area contributed by atoms with E-state index in [9.17, 15) is 9.59 Å². The van der Waals surface area contributed by atoms with Gasteiger partial charge >= 0.3 is 0 Å². The van der Waals surface area contributed by atoms with Crippen molar-refractivity contribution in [1.29, 1.82) is 0 Å². The number of carbonyl (C=O) groups is 2. The van der Waals surface area contributed by atoms with E-state index in [4.69, 9.17) is 4.74 Å². The van der Waals surface area contributed by atoms with Crippen LogP contribution in [-0.2, 0) is 11.2 Å². The fourth-order valence-corrected chi connectivity index (χ4v) is 3.28. The van der Waals surface area contributed by atoms with Gasteiger partial charge in [0.15, 0.2) is 6.61 Å². The molecule has 1 aliphatic carbocycles. The quantitative estimate of drug-likeness (QED) is 0.780. The number of nitrogens with one attached hydrogen (secondary N) is 2. The van der Waals surface area contributed by atoms with Crippen molar-refractivity contribution in [3.8, 4) is 5.75 Å². The van der Waals surface area contributed by atoms with Gasteiger partial charge in [-0.25, -0.2) is 0 Å². The standard InChI is InChI=1S/C22H26N2O3/c1-2-16-11-13-18(14-12-16)27-15-21(25)24-20-10-6-5-9-19(20)22(26)23-17-7-3-4-8-17/h5-6,9-14,17H,2-4,7-8,15H2,1H3,(H,23,26)(H,24,25). The van der Waals surface area contributed by atoms with E-state index in [-0.39, 0.29) is 24.5 Å². The molecule has 1 aliphatic rings. The Morgan fingerprint density at radius 2 is 1.74 bits per heavy atom. The van der Waals surface area contributed by atoms with Crippen LogP contribution in [0.4, 0.5) is 5.69 Å². The minimum Gasteiger partial charge on any atom is -0.484 e. The van der Waals surface area contributed by atoms with Gasteiger partial charge in [-0.2, -0.15) is 0 Å². The van der Waals surface area contributed by atoms with Crippen LogP contribution in [-0.4, -0.2) is 24.5 Å². The maximum Gasteiger partial charge on any atom is 0.262 e. The van der Waals surface area contributed by atoms with Crippen molar-refractivity contribution >= 4 is 17.5 Å². The summed E-state index contributed by atoms with van der Waals surface area (Å²) in [6.07, 6.45) is 5.30. The molecule has 27 heavy (non-hydrogen) atoms. The average molecular weight is 366 g/mol. The van der Waals surface area contributed by atoms with Crippen molar-refractivity contribution in [2.75, 3.05) is 11.9 Å². The molecule has 0 radical (unpaired) electrons. The van der Waals surface area contributed by atoms with Crippen molar-refractivity contribution in [2.24, 2.45) is 0 Å². The summed E-state index contributed by atoms with van der Waals surface area (Å²) in [7, 11) is 0. The molecule has 0 heterocycles. The van der Waals surface area contributed by atoms with Crippen molar-refractivity contribution < 1.29 is 14.3 Å². The number of anilines is 1. The molecule has 0 aromatic heterocycles. The van der Waals surface area contributed by atoms with Crippen LogP contribution in [0.1, 0.15) is 48.5 Å². The number of carbonyl (C=O) groups excluding carboxylic acids is 2. The smallest absolute Gasteiger partial charge is 0.262 e. The molecule has 0 saturated heterocycles. The largest absolute Gasteiger partial charge is 0.484 e. The van der Waals surface area contributed by atoms with E-state index in [1.165, 1.54) is 5.56 Å². The van der Waals surface area contributed by atoms with Crippen LogP contribution >= 0.6 is 0 Å². The summed E-state index contributed by atoms with van der Waals surface area (Å²) in [5.41, 5.74) is 2.20. The third-order valence-electron chi connectivity index (χ3n) is 4.84. The van der Waals surface area contributed by atoms with Crippen molar-refractivity contribution in [1.82, 2.24) is 5.32 Å². The first-order valence-corrected chi connectivity index (χ1v) is 9.57. The van der Waals surface area contributed by atoms with E-state index in [0.29, 0.717) is 17.0 Å². The van der Waals surface area contributed by atoms with Gasteiger partial charge in [0, 0.05) is 6.04 Å². The van der Waals surface area contributed by atoms with Crippen molar-refractivity contribution in [3.63, 3.8) is 0 Å². The molecule has 2 aromatic carbocycles. The highest BCUT2D eigenvalue weighted by molar-refractivity contribution is 6.04. The topological polar surface area (TPSA) is 67.4 Å². The summed E-state index contributed by atoms with van der Waals surface area (Å²) in [5.74, 6) is 0.208. The summed E-state index contributed by atoms with van der Waals surface area (Å²) in [6.45, 7) is 1.98. The van der Waals surface area contributed by atoms with Crippen LogP contribution in [0.25, 0.3) is 0 Å². The first-order valence-electron chi connectivity index (χ1n) is 9.57. The third-order valence-corrected chi connectivity index (χ3v) is 4.84. The van der Waals surface area contributed by atoms with Crippen LogP contribution in [0.15, 0.2) is 48.5 Å². The second-order valence-corrected chi connectivity index (χ2v) is 6.83. The Bertz CT molecular complexity index is 780. The van der Waals surface area contributed by atoms with E-state index in [0.717, 1.165) is 32.1 Å². The minimum absolute atomic E-state index is 0.107. The zero-order valence-corrected chi connectivity index (χ0v) is 15.7. The van der Waals surface area contributed by atoms with Gasteiger partial charge in [0.05, 0.1) is 11.3 Å². The maximum atomic E-state index is 12.5. The van der Waals surface area contributed by atoms with Crippen molar-refractivity contribution in [3.05, 3.63) is 59.7 Å². The monoisotopic (exact) mass is 366 g/mol. The lowest BCUT2D eigenvalue weighted by molar-refractivity contribution is -0.118. The van der Waals surface area contributed by atoms with Crippen LogP contribution in [0.5, 0.6) is 5.75 Å². The van der Waals surface area contributed by atoms with E-state index in [1.807, 2.05) is 24.3 Å². The predicted octanol–water partition coefficient (Wildman–Crippen LogP) is 3.94. The fraction of sp³-hybridized carbons (Fsp3) is 0.364. The van der Waals surface area contributed by atoms with Gasteiger partial charge in [-0.1, -0.05) is 44.0 Å². The Hall–Kier alpha value is -2.82. The first kappa shape index (κ1) is 19.0. The van der Waals surface area contributed by atoms with Gasteiger partial charge in [0.2, 0.25) is 0 Å². The highest BCUT2D eigenvalue weighted by atomic mass is 16.5. The molecule has 0 spiro atoms. The number of amides is 2. The zero-order chi connectivity index (χ0) is 19.1. The molecule has 2 amide bonds. The van der Waals surface area contributed by atoms with E-state index in [2.05, 4.69) is 17.6 Å². The molecule has 1 fully saturated rings. The van der Waals surface area contributed by atoms with Crippen LogP contribution in [0, 0.1) is 0 Å². The molecule has 5 heteroatoms. The second-order valence-electron chi connectivity index (χ2n) is 6.83. The number of benzene rings is 2. The lowest BCUT2D eigenvalue weighted by Crippen LogP contribution is -2.33. The van der Waals surface area contributed by atoms with Gasteiger partial charge < -0.3 is 15.4 Å². The molecule has 0 atom stereocenters. The lowest BCUT2D eigenvalue weighted by atomic mass is 10.1. The van der Waals surface area contributed by atoms with E-state index in [1.54, 1.807) is 24.3 Å². The summed E-state index contributed by atoms with van der Waals surface area (Å²) in [4.78, 5) is 24.8. The van der Waals surface area contributed by atoms with Gasteiger partial charge in [-0.05, 0) is 49.1 Å². The molecule has 5 nitrogen and oxygen atoms in total. The summed E-state index contributed by atoms with van der Waals surface area (Å²) in [5, 5.41) is 5.84. The average Bonchev–Trinajstić information content (AvgIpc) is 3.20. The second kappa shape index (κ2) is 9.21. The number of hydrogen-bond donors (Lipinski definition) is 2. The molecule has 2 aromatic rings. The molecule has 142 valence electrons. The Kier molecular flexibility index (Phi) is 6.47. The molecule has 1 saturated carbocycles. The van der Waals surface area contributed by atoms with Gasteiger partial charge in [0.1, 0.15) is 5.75 Å². The zero-order valence-electron chi connectivity index (χ0n) is 15.7. The normalized spacial score (nSPS) is 14.0. The maximum absolute atomic E-state index is 12.5. The number of ether oxygens (including phenoxy) is 1. The van der Waals surface area contributed by atoms with E-state index < -0.39 is 0 Å². The number of aryl methyl sites for hydroxylation is 1. The van der Waals surface area contributed by atoms with Crippen LogP contribution < -0.4 is 15.4 Å². The number of rotatable bonds is 7. The third kappa shape index (κ3) is 5.33. The summed E-state index contributed by atoms with van der Waals surface area (Å²) >= 11 is 0. The lowest BCUT2D eigenvalue weighted by Gasteiger charge is -2.15. The number of para-hydroxylation sites is 1. The Labute approximate surface area is 160 Å². The predicted molar refractivity (Wildman–Crippen MR) is 106 cm³/mol. The highest BCUT2D eigenvalue weighted by Crippen LogP contribution is 2.20. The van der Waals surface area contributed by atoms with Crippen molar-refractivity contribution in [2.45, 2.75) is 45.1 Å². The Morgan fingerprint density at radius 3 is 2.44 bits per heavy atom. The molecular formula is C22H26N2O3.